The topological polar surface area (TPSA) is 55.8 Å². The minimum atomic E-state index is -0.256. The maximum absolute atomic E-state index is 12.3. The second kappa shape index (κ2) is 8.22. The molecule has 0 saturated heterocycles. The second-order valence-corrected chi connectivity index (χ2v) is 8.67. The summed E-state index contributed by atoms with van der Waals surface area (Å²) in [6, 6.07) is 6.23. The minimum Gasteiger partial charge on any atom is -0.482 e. The van der Waals surface area contributed by atoms with Gasteiger partial charge in [-0.1, -0.05) is 38.3 Å². The number of benzene rings is 1. The number of aliphatic hydroxyl groups excluding tert-OH is 1. The first-order valence-corrected chi connectivity index (χ1v) is 10.8. The van der Waals surface area contributed by atoms with Crippen molar-refractivity contribution in [2.45, 2.75) is 76.9 Å². The van der Waals surface area contributed by atoms with Gasteiger partial charge in [-0.25, -0.2) is 4.79 Å². The number of ether oxygens (including phenoxy) is 2. The molecule has 1 aromatic rings. The van der Waals surface area contributed by atoms with Crippen LogP contribution in [0.15, 0.2) is 18.2 Å². The van der Waals surface area contributed by atoms with E-state index in [1.54, 1.807) is 0 Å². The van der Waals surface area contributed by atoms with Gasteiger partial charge in [0.15, 0.2) is 6.61 Å². The van der Waals surface area contributed by atoms with Crippen molar-refractivity contribution in [2.24, 2.45) is 17.8 Å². The van der Waals surface area contributed by atoms with E-state index in [9.17, 15) is 9.90 Å². The highest BCUT2D eigenvalue weighted by Gasteiger charge is 2.47. The Kier molecular flexibility index (Phi) is 5.72. The van der Waals surface area contributed by atoms with Gasteiger partial charge in [0, 0.05) is 0 Å². The molecule has 0 spiro atoms. The third-order valence-corrected chi connectivity index (χ3v) is 6.92. The molecule has 148 valence electrons. The van der Waals surface area contributed by atoms with Gasteiger partial charge in [-0.15, -0.1) is 0 Å². The average molecular weight is 373 g/mol. The molecule has 0 amide bonds. The summed E-state index contributed by atoms with van der Waals surface area (Å²) in [5.41, 5.74) is 2.67. The van der Waals surface area contributed by atoms with Gasteiger partial charge in [0.25, 0.3) is 0 Å². The lowest BCUT2D eigenvalue weighted by atomic mass is 9.73. The Balaban J connectivity index is 1.50. The molecule has 1 aromatic carbocycles. The fourth-order valence-corrected chi connectivity index (χ4v) is 5.55. The van der Waals surface area contributed by atoms with E-state index in [1.165, 1.54) is 24.0 Å². The second-order valence-electron chi connectivity index (χ2n) is 8.67. The Morgan fingerprint density at radius 2 is 2.11 bits per heavy atom. The summed E-state index contributed by atoms with van der Waals surface area (Å²) in [6.45, 7) is 2.18. The summed E-state index contributed by atoms with van der Waals surface area (Å²) >= 11 is 0. The van der Waals surface area contributed by atoms with Crippen LogP contribution in [0.3, 0.4) is 0 Å². The van der Waals surface area contributed by atoms with E-state index < -0.39 is 0 Å². The normalized spacial score (nSPS) is 29.9. The fourth-order valence-electron chi connectivity index (χ4n) is 5.55. The quantitative estimate of drug-likeness (QED) is 0.579. The van der Waals surface area contributed by atoms with E-state index in [0.717, 1.165) is 50.7 Å². The minimum absolute atomic E-state index is 0.00531. The largest absolute Gasteiger partial charge is 0.482 e. The molecule has 2 aliphatic carbocycles. The first kappa shape index (κ1) is 18.8. The van der Waals surface area contributed by atoms with Gasteiger partial charge in [0.05, 0.1) is 6.10 Å². The van der Waals surface area contributed by atoms with Crippen LogP contribution in [-0.2, 0) is 22.4 Å². The van der Waals surface area contributed by atoms with Gasteiger partial charge in [-0.2, -0.15) is 0 Å². The Morgan fingerprint density at radius 1 is 1.22 bits per heavy atom. The van der Waals surface area contributed by atoms with Crippen LogP contribution < -0.4 is 4.74 Å². The van der Waals surface area contributed by atoms with Crippen molar-refractivity contribution in [1.82, 2.24) is 0 Å². The van der Waals surface area contributed by atoms with Crippen LogP contribution in [-0.4, -0.2) is 29.9 Å². The van der Waals surface area contributed by atoms with E-state index in [0.29, 0.717) is 17.8 Å². The summed E-state index contributed by atoms with van der Waals surface area (Å²) in [5, 5.41) is 10.4. The van der Waals surface area contributed by atoms with Crippen molar-refractivity contribution < 1.29 is 19.4 Å². The van der Waals surface area contributed by atoms with Crippen molar-refractivity contribution in [3.05, 3.63) is 29.3 Å². The highest BCUT2D eigenvalue weighted by atomic mass is 16.6. The lowest BCUT2D eigenvalue weighted by Gasteiger charge is -2.32. The summed E-state index contributed by atoms with van der Waals surface area (Å²) in [5.74, 6) is 2.06. The number of fused-ring (bicyclic) bond motifs is 1. The molecule has 1 heterocycles. The number of esters is 1. The first-order valence-electron chi connectivity index (χ1n) is 10.8. The molecule has 1 saturated carbocycles. The standard InChI is InChI=1S/C23H32O4/c1-2-3-4-7-17(24)9-10-18-19-11-15-6-5-8-21-20(15)12-16(19)13-22(18)27-23(25)14-26-21/h5-6,8,16-19,22,24H,2-4,7,9-14H2,1H3/t16?,17-,18-,19+,22-/m1/s1. The van der Waals surface area contributed by atoms with Crippen molar-refractivity contribution in [3.63, 3.8) is 0 Å². The van der Waals surface area contributed by atoms with Crippen molar-refractivity contribution in [3.8, 4) is 5.75 Å². The maximum atomic E-state index is 12.3. The smallest absolute Gasteiger partial charge is 0.344 e. The Morgan fingerprint density at radius 3 is 2.96 bits per heavy atom. The summed E-state index contributed by atoms with van der Waals surface area (Å²) in [7, 11) is 0. The van der Waals surface area contributed by atoms with Crippen LogP contribution in [0.2, 0.25) is 0 Å². The number of carbonyl (C=O) groups is 1. The van der Waals surface area contributed by atoms with Crippen LogP contribution in [0.1, 0.15) is 63.0 Å². The first-order chi connectivity index (χ1) is 13.2. The third kappa shape index (κ3) is 4.01. The van der Waals surface area contributed by atoms with Crippen LogP contribution in [0.4, 0.5) is 0 Å². The van der Waals surface area contributed by atoms with E-state index in [-0.39, 0.29) is 24.8 Å². The molecule has 1 unspecified atom stereocenters. The number of hydrogen-bond acceptors (Lipinski definition) is 4. The SMILES string of the molecule is CCCCC[C@@H](O)CC[C@H]1[C@H]2CC3Cc4c(cccc4OCC(=O)O2)C[C@@H]31. The number of hydrogen-bond donors (Lipinski definition) is 1. The Bertz CT molecular complexity index is 670. The molecule has 27 heavy (non-hydrogen) atoms. The van der Waals surface area contributed by atoms with Gasteiger partial charge in [-0.05, 0) is 73.5 Å². The van der Waals surface area contributed by atoms with Gasteiger partial charge in [-0.3, -0.25) is 0 Å². The lowest BCUT2D eigenvalue weighted by Crippen LogP contribution is -2.29. The number of rotatable bonds is 7. The van der Waals surface area contributed by atoms with Crippen LogP contribution in [0, 0.1) is 17.8 Å². The zero-order valence-electron chi connectivity index (χ0n) is 16.4. The predicted molar refractivity (Wildman–Crippen MR) is 104 cm³/mol. The zero-order chi connectivity index (χ0) is 18.8. The molecule has 5 atom stereocenters. The molecular formula is C23H32O4. The van der Waals surface area contributed by atoms with E-state index in [2.05, 4.69) is 13.0 Å². The molecule has 1 fully saturated rings. The highest BCUT2D eigenvalue weighted by Crippen LogP contribution is 2.49. The number of carbonyl (C=O) groups excluding carboxylic acids is 1. The molecule has 1 N–H and O–H groups in total. The van der Waals surface area contributed by atoms with Gasteiger partial charge < -0.3 is 14.6 Å². The number of unbranched alkanes of at least 4 members (excludes halogenated alkanes) is 2. The third-order valence-electron chi connectivity index (χ3n) is 6.92. The van der Waals surface area contributed by atoms with Crippen molar-refractivity contribution in [2.75, 3.05) is 6.61 Å². The number of aliphatic hydroxyl groups is 1. The van der Waals surface area contributed by atoms with E-state index in [4.69, 9.17) is 9.47 Å². The molecule has 4 heteroatoms. The molecule has 4 nitrogen and oxygen atoms in total. The molecule has 4 rings (SSSR count). The average Bonchev–Trinajstić information content (AvgIpc) is 2.98. The Hall–Kier alpha value is -1.55. The van der Waals surface area contributed by atoms with Gasteiger partial charge >= 0.3 is 5.97 Å². The molecule has 3 aliphatic rings. The highest BCUT2D eigenvalue weighted by molar-refractivity contribution is 5.71. The van der Waals surface area contributed by atoms with Crippen molar-refractivity contribution in [1.29, 1.82) is 0 Å². The summed E-state index contributed by atoms with van der Waals surface area (Å²) < 4.78 is 11.6. The predicted octanol–water partition coefficient (Wildman–Crippen LogP) is 4.06. The molecular weight excluding hydrogens is 340 g/mol. The van der Waals surface area contributed by atoms with Crippen molar-refractivity contribution >= 4 is 5.97 Å². The summed E-state index contributed by atoms with van der Waals surface area (Å²) in [6.07, 6.45) is 8.90. The van der Waals surface area contributed by atoms with Crippen LogP contribution >= 0.6 is 0 Å². The lowest BCUT2D eigenvalue weighted by molar-refractivity contribution is -0.153. The Labute approximate surface area is 162 Å². The molecule has 0 radical (unpaired) electrons. The van der Waals surface area contributed by atoms with Gasteiger partial charge in [0.1, 0.15) is 11.9 Å². The molecule has 3 bridgehead atoms. The van der Waals surface area contributed by atoms with E-state index >= 15 is 0 Å². The fraction of sp³-hybridized carbons (Fsp3) is 0.696. The monoisotopic (exact) mass is 372 g/mol. The maximum Gasteiger partial charge on any atom is 0.344 e. The van der Waals surface area contributed by atoms with Crippen LogP contribution in [0.5, 0.6) is 5.75 Å². The molecule has 0 aromatic heterocycles. The molecule has 1 aliphatic heterocycles. The summed E-state index contributed by atoms with van der Waals surface area (Å²) in [4.78, 5) is 12.3. The van der Waals surface area contributed by atoms with Crippen LogP contribution in [0.25, 0.3) is 0 Å². The zero-order valence-corrected chi connectivity index (χ0v) is 16.4. The van der Waals surface area contributed by atoms with E-state index in [1.807, 2.05) is 12.1 Å². The van der Waals surface area contributed by atoms with Gasteiger partial charge in [0.2, 0.25) is 0 Å².